The molecule has 0 aliphatic rings. The Hall–Kier alpha value is -2.53. The monoisotopic (exact) mass is 323 g/mol. The normalized spacial score (nSPS) is 10.5. The molecule has 0 N–H and O–H groups in total. The van der Waals surface area contributed by atoms with E-state index in [-0.39, 0.29) is 5.91 Å². The van der Waals surface area contributed by atoms with Crippen molar-refractivity contribution >= 4 is 22.9 Å². The minimum absolute atomic E-state index is 0.0514. The Bertz CT molecular complexity index is 800. The zero-order chi connectivity index (χ0) is 16.2. The summed E-state index contributed by atoms with van der Waals surface area (Å²) < 4.78 is 0. The topological polar surface area (TPSA) is 46.1 Å². The van der Waals surface area contributed by atoms with Crippen molar-refractivity contribution in [2.75, 3.05) is 11.9 Å². The molecule has 0 aliphatic carbocycles. The summed E-state index contributed by atoms with van der Waals surface area (Å²) in [5.74, 6) is 0.0514. The number of nitrogens with zero attached hydrogens (tertiary/aromatic N) is 3. The fraction of sp³-hybridized carbons (Fsp3) is 0.167. The van der Waals surface area contributed by atoms with Crippen LogP contribution in [0, 0.1) is 6.92 Å². The van der Waals surface area contributed by atoms with Gasteiger partial charge in [-0.05, 0) is 31.2 Å². The highest BCUT2D eigenvalue weighted by Crippen LogP contribution is 2.27. The van der Waals surface area contributed by atoms with Gasteiger partial charge in [-0.3, -0.25) is 9.78 Å². The highest BCUT2D eigenvalue weighted by Gasteiger charge is 2.16. The van der Waals surface area contributed by atoms with Gasteiger partial charge in [0.25, 0.3) is 0 Å². The van der Waals surface area contributed by atoms with Gasteiger partial charge >= 0.3 is 0 Å². The summed E-state index contributed by atoms with van der Waals surface area (Å²) in [7, 11) is 1.80. The third-order valence-corrected chi connectivity index (χ3v) is 4.79. The number of aromatic nitrogens is 2. The molecule has 0 saturated carbocycles. The number of benzene rings is 1. The van der Waals surface area contributed by atoms with E-state index in [4.69, 9.17) is 0 Å². The van der Waals surface area contributed by atoms with E-state index >= 15 is 0 Å². The standard InChI is InChI=1S/C18H17N3OS/c1-13-16(23-18(20-13)15-10-6-7-11-19-15)12-17(22)21(2)14-8-4-3-5-9-14/h3-11H,12H2,1-2H3. The molecular weight excluding hydrogens is 306 g/mol. The van der Waals surface area contributed by atoms with Crippen molar-refractivity contribution in [3.63, 3.8) is 0 Å². The minimum atomic E-state index is 0.0514. The molecule has 3 rings (SSSR count). The number of hydrogen-bond acceptors (Lipinski definition) is 4. The molecule has 0 atom stereocenters. The maximum absolute atomic E-state index is 12.5. The summed E-state index contributed by atoms with van der Waals surface area (Å²) in [5, 5.41) is 0.855. The van der Waals surface area contributed by atoms with Crippen molar-refractivity contribution in [3.05, 3.63) is 65.3 Å². The summed E-state index contributed by atoms with van der Waals surface area (Å²) in [6.45, 7) is 1.94. The molecule has 0 aliphatic heterocycles. The van der Waals surface area contributed by atoms with Crippen LogP contribution in [0.3, 0.4) is 0 Å². The lowest BCUT2D eigenvalue weighted by Gasteiger charge is -2.16. The van der Waals surface area contributed by atoms with E-state index in [1.807, 2.05) is 55.5 Å². The number of pyridine rings is 1. The van der Waals surface area contributed by atoms with Gasteiger partial charge in [-0.1, -0.05) is 24.3 Å². The quantitative estimate of drug-likeness (QED) is 0.735. The molecule has 0 bridgehead atoms. The SMILES string of the molecule is Cc1nc(-c2ccccn2)sc1CC(=O)N(C)c1ccccc1. The van der Waals surface area contributed by atoms with E-state index in [0.29, 0.717) is 6.42 Å². The molecule has 2 aromatic heterocycles. The first-order valence-corrected chi connectivity index (χ1v) is 8.16. The first-order chi connectivity index (χ1) is 11.1. The lowest BCUT2D eigenvalue weighted by molar-refractivity contribution is -0.117. The maximum Gasteiger partial charge on any atom is 0.232 e. The molecule has 0 spiro atoms. The summed E-state index contributed by atoms with van der Waals surface area (Å²) in [5.41, 5.74) is 2.63. The first-order valence-electron chi connectivity index (χ1n) is 7.34. The molecule has 1 aromatic carbocycles. The van der Waals surface area contributed by atoms with Gasteiger partial charge in [0, 0.05) is 23.8 Å². The number of aryl methyl sites for hydroxylation is 1. The van der Waals surface area contributed by atoms with Gasteiger partial charge in [-0.25, -0.2) is 4.98 Å². The Kier molecular flexibility index (Phi) is 4.48. The Morgan fingerprint density at radius 3 is 2.57 bits per heavy atom. The molecule has 0 fully saturated rings. The second-order valence-corrected chi connectivity index (χ2v) is 6.29. The molecule has 3 aromatic rings. The number of amides is 1. The van der Waals surface area contributed by atoms with E-state index in [1.165, 1.54) is 11.3 Å². The Labute approximate surface area is 139 Å². The molecule has 2 heterocycles. The van der Waals surface area contributed by atoms with Crippen molar-refractivity contribution in [1.82, 2.24) is 9.97 Å². The second kappa shape index (κ2) is 6.71. The number of rotatable bonds is 4. The van der Waals surface area contributed by atoms with Gasteiger partial charge in [0.15, 0.2) is 0 Å². The largest absolute Gasteiger partial charge is 0.315 e. The Morgan fingerprint density at radius 2 is 1.87 bits per heavy atom. The number of carbonyl (C=O) groups is 1. The molecule has 23 heavy (non-hydrogen) atoms. The van der Waals surface area contributed by atoms with Crippen molar-refractivity contribution < 1.29 is 4.79 Å². The van der Waals surface area contributed by atoms with Gasteiger partial charge in [-0.15, -0.1) is 11.3 Å². The van der Waals surface area contributed by atoms with Crippen molar-refractivity contribution in [2.24, 2.45) is 0 Å². The fourth-order valence-electron chi connectivity index (χ4n) is 2.24. The predicted octanol–water partition coefficient (Wildman–Crippen LogP) is 3.72. The molecule has 116 valence electrons. The third-order valence-electron chi connectivity index (χ3n) is 3.61. The van der Waals surface area contributed by atoms with E-state index in [9.17, 15) is 4.79 Å². The zero-order valence-electron chi connectivity index (χ0n) is 13.1. The number of carbonyl (C=O) groups excluding carboxylic acids is 1. The van der Waals surface area contributed by atoms with E-state index < -0.39 is 0 Å². The molecule has 5 heteroatoms. The smallest absolute Gasteiger partial charge is 0.232 e. The molecule has 4 nitrogen and oxygen atoms in total. The first kappa shape index (κ1) is 15.4. The van der Waals surface area contributed by atoms with Gasteiger partial charge in [-0.2, -0.15) is 0 Å². The van der Waals surface area contributed by atoms with E-state index in [0.717, 1.165) is 27.0 Å². The van der Waals surface area contributed by atoms with Crippen LogP contribution in [0.5, 0.6) is 0 Å². The van der Waals surface area contributed by atoms with Gasteiger partial charge < -0.3 is 4.90 Å². The molecule has 1 amide bonds. The van der Waals surface area contributed by atoms with E-state index in [1.54, 1.807) is 18.1 Å². The van der Waals surface area contributed by atoms with Crippen LogP contribution in [0.1, 0.15) is 10.6 Å². The van der Waals surface area contributed by atoms with Crippen LogP contribution >= 0.6 is 11.3 Å². The summed E-state index contributed by atoms with van der Waals surface area (Å²) in [6.07, 6.45) is 2.10. The number of thiazole rings is 1. The minimum Gasteiger partial charge on any atom is -0.315 e. The highest BCUT2D eigenvalue weighted by molar-refractivity contribution is 7.15. The van der Waals surface area contributed by atoms with Crippen LogP contribution in [0.2, 0.25) is 0 Å². The van der Waals surface area contributed by atoms with Crippen LogP contribution in [0.15, 0.2) is 54.7 Å². The van der Waals surface area contributed by atoms with Crippen LogP contribution in [-0.2, 0) is 11.2 Å². The van der Waals surface area contributed by atoms with Crippen molar-refractivity contribution in [1.29, 1.82) is 0 Å². The van der Waals surface area contributed by atoms with Crippen LogP contribution in [0.4, 0.5) is 5.69 Å². The van der Waals surface area contributed by atoms with Crippen LogP contribution in [-0.4, -0.2) is 22.9 Å². The van der Waals surface area contributed by atoms with Crippen LogP contribution in [0.25, 0.3) is 10.7 Å². The lowest BCUT2D eigenvalue weighted by Crippen LogP contribution is -2.27. The molecular formula is C18H17N3OS. The zero-order valence-corrected chi connectivity index (χ0v) is 13.9. The maximum atomic E-state index is 12.5. The third kappa shape index (κ3) is 3.46. The molecule has 0 radical (unpaired) electrons. The number of anilines is 1. The second-order valence-electron chi connectivity index (χ2n) is 5.21. The number of para-hydroxylation sites is 1. The highest BCUT2D eigenvalue weighted by atomic mass is 32.1. The predicted molar refractivity (Wildman–Crippen MR) is 93.6 cm³/mol. The van der Waals surface area contributed by atoms with Gasteiger partial charge in [0.05, 0.1) is 17.8 Å². The summed E-state index contributed by atoms with van der Waals surface area (Å²) in [4.78, 5) is 24.0. The average molecular weight is 323 g/mol. The van der Waals surface area contributed by atoms with Crippen LogP contribution < -0.4 is 4.90 Å². The number of hydrogen-bond donors (Lipinski definition) is 0. The van der Waals surface area contributed by atoms with Gasteiger partial charge in [0.2, 0.25) is 5.91 Å². The van der Waals surface area contributed by atoms with Crippen molar-refractivity contribution in [2.45, 2.75) is 13.3 Å². The summed E-state index contributed by atoms with van der Waals surface area (Å²) in [6, 6.07) is 15.4. The Morgan fingerprint density at radius 1 is 1.13 bits per heavy atom. The summed E-state index contributed by atoms with van der Waals surface area (Å²) >= 11 is 1.53. The average Bonchev–Trinajstić information content (AvgIpc) is 2.96. The van der Waals surface area contributed by atoms with Crippen molar-refractivity contribution in [3.8, 4) is 10.7 Å². The molecule has 0 saturated heterocycles. The fourth-order valence-corrected chi connectivity index (χ4v) is 3.27. The lowest BCUT2D eigenvalue weighted by atomic mass is 10.2. The van der Waals surface area contributed by atoms with E-state index in [2.05, 4.69) is 9.97 Å². The van der Waals surface area contributed by atoms with Gasteiger partial charge in [0.1, 0.15) is 5.01 Å². The Balaban J connectivity index is 1.78. The number of likely N-dealkylation sites (N-methyl/N-ethyl adjacent to an activating group) is 1. The molecule has 0 unspecified atom stereocenters.